The van der Waals surface area contributed by atoms with Crippen LogP contribution in [-0.2, 0) is 0 Å². The van der Waals surface area contributed by atoms with Crippen molar-refractivity contribution in [2.24, 2.45) is 0 Å². The molecule has 0 aliphatic heterocycles. The van der Waals surface area contributed by atoms with Gasteiger partial charge in [-0.1, -0.05) is 11.6 Å². The molecule has 17 heavy (non-hydrogen) atoms. The fraction of sp³-hybridized carbons (Fsp3) is 0.111. The molecule has 1 aromatic carbocycles. The van der Waals surface area contributed by atoms with Crippen LogP contribution in [-0.4, -0.2) is 38.4 Å². The molecule has 0 saturated heterocycles. The Morgan fingerprint density at radius 2 is 2.29 bits per heavy atom. The van der Waals surface area contributed by atoms with Crippen LogP contribution in [0.5, 0.6) is 5.75 Å². The van der Waals surface area contributed by atoms with Crippen molar-refractivity contribution in [3.05, 3.63) is 29.0 Å². The lowest BCUT2D eigenvalue weighted by atomic mass is 10.3. The molecule has 88 valence electrons. The van der Waals surface area contributed by atoms with E-state index in [0.717, 1.165) is 4.80 Å². The van der Waals surface area contributed by atoms with Crippen LogP contribution in [0.1, 0.15) is 10.6 Å². The number of aromatic nitrogens is 4. The summed E-state index contributed by atoms with van der Waals surface area (Å²) in [5, 5.41) is 19.7. The number of methoxy groups -OCH3 is 1. The van der Waals surface area contributed by atoms with Crippen molar-refractivity contribution in [2.75, 3.05) is 7.11 Å². The normalized spacial score (nSPS) is 10.2. The van der Waals surface area contributed by atoms with Crippen LogP contribution >= 0.6 is 11.6 Å². The third kappa shape index (κ3) is 2.18. The second-order valence-corrected chi connectivity index (χ2v) is 3.43. The monoisotopic (exact) mass is 254 g/mol. The van der Waals surface area contributed by atoms with Crippen molar-refractivity contribution in [1.82, 2.24) is 20.2 Å². The van der Waals surface area contributed by atoms with Crippen LogP contribution in [0, 0.1) is 0 Å². The summed E-state index contributed by atoms with van der Waals surface area (Å²) in [4.78, 5) is 11.7. The highest BCUT2D eigenvalue weighted by molar-refractivity contribution is 6.32. The van der Waals surface area contributed by atoms with Crippen molar-refractivity contribution in [3.8, 4) is 11.4 Å². The van der Waals surface area contributed by atoms with Gasteiger partial charge >= 0.3 is 5.97 Å². The van der Waals surface area contributed by atoms with E-state index in [9.17, 15) is 4.79 Å². The number of hydrogen-bond donors (Lipinski definition) is 1. The van der Waals surface area contributed by atoms with Crippen molar-refractivity contribution in [1.29, 1.82) is 0 Å². The first-order chi connectivity index (χ1) is 8.11. The van der Waals surface area contributed by atoms with Gasteiger partial charge in [0.1, 0.15) is 5.75 Å². The highest BCUT2D eigenvalue weighted by atomic mass is 35.5. The van der Waals surface area contributed by atoms with Gasteiger partial charge in [-0.25, -0.2) is 4.79 Å². The largest absolute Gasteiger partial charge is 0.495 e. The smallest absolute Gasteiger partial charge is 0.377 e. The van der Waals surface area contributed by atoms with Gasteiger partial charge in [0, 0.05) is 0 Å². The average Bonchev–Trinajstić information content (AvgIpc) is 2.78. The minimum Gasteiger partial charge on any atom is -0.495 e. The highest BCUT2D eigenvalue weighted by Gasteiger charge is 2.12. The van der Waals surface area contributed by atoms with Crippen molar-refractivity contribution in [2.45, 2.75) is 0 Å². The van der Waals surface area contributed by atoms with Gasteiger partial charge in [-0.2, -0.15) is 0 Å². The van der Waals surface area contributed by atoms with Gasteiger partial charge in [-0.05, 0) is 23.4 Å². The number of carboxylic acids is 1. The average molecular weight is 255 g/mol. The molecular weight excluding hydrogens is 248 g/mol. The maximum atomic E-state index is 10.6. The lowest BCUT2D eigenvalue weighted by molar-refractivity contribution is 0.0683. The maximum absolute atomic E-state index is 10.6. The fourth-order valence-electron chi connectivity index (χ4n) is 1.19. The van der Waals surface area contributed by atoms with E-state index in [-0.39, 0.29) is 5.82 Å². The van der Waals surface area contributed by atoms with Crippen LogP contribution in [0.4, 0.5) is 0 Å². The van der Waals surface area contributed by atoms with E-state index >= 15 is 0 Å². The lowest BCUT2D eigenvalue weighted by Gasteiger charge is -2.04. The van der Waals surface area contributed by atoms with Crippen LogP contribution in [0.3, 0.4) is 0 Å². The number of tetrazole rings is 1. The van der Waals surface area contributed by atoms with Gasteiger partial charge < -0.3 is 9.84 Å². The Kier molecular flexibility index (Phi) is 2.92. The molecule has 7 nitrogen and oxygen atoms in total. The van der Waals surface area contributed by atoms with Crippen LogP contribution in [0.25, 0.3) is 5.69 Å². The number of rotatable bonds is 3. The predicted molar refractivity (Wildman–Crippen MR) is 57.7 cm³/mol. The molecule has 1 aromatic heterocycles. The Balaban J connectivity index is 2.39. The summed E-state index contributed by atoms with van der Waals surface area (Å²) in [6.07, 6.45) is 0. The minimum absolute atomic E-state index is 0.374. The molecule has 0 radical (unpaired) electrons. The van der Waals surface area contributed by atoms with Crippen LogP contribution in [0.2, 0.25) is 5.02 Å². The van der Waals surface area contributed by atoms with E-state index in [2.05, 4.69) is 15.4 Å². The number of benzene rings is 1. The summed E-state index contributed by atoms with van der Waals surface area (Å²) in [6, 6.07) is 4.81. The molecule has 2 rings (SSSR count). The van der Waals surface area contributed by atoms with Gasteiger partial charge in [-0.15, -0.1) is 15.0 Å². The van der Waals surface area contributed by atoms with Gasteiger partial charge in [-0.3, -0.25) is 0 Å². The molecule has 0 unspecified atom stereocenters. The standard InChI is InChI=1S/C9H7ClN4O3/c1-17-7-3-2-5(4-6(7)10)14-12-8(9(15)16)11-13-14/h2-4H,1H3,(H,15,16). The van der Waals surface area contributed by atoms with E-state index in [1.165, 1.54) is 7.11 Å². The molecule has 0 aliphatic carbocycles. The molecule has 1 heterocycles. The second kappa shape index (κ2) is 4.38. The first-order valence-corrected chi connectivity index (χ1v) is 4.87. The summed E-state index contributed by atoms with van der Waals surface area (Å²) < 4.78 is 4.99. The van der Waals surface area contributed by atoms with E-state index in [1.54, 1.807) is 18.2 Å². The Morgan fingerprint density at radius 1 is 1.53 bits per heavy atom. The SMILES string of the molecule is COc1ccc(-n2nnc(C(=O)O)n2)cc1Cl. The fourth-order valence-corrected chi connectivity index (χ4v) is 1.44. The van der Waals surface area contributed by atoms with E-state index in [1.807, 2.05) is 0 Å². The van der Waals surface area contributed by atoms with E-state index in [0.29, 0.717) is 16.5 Å². The zero-order chi connectivity index (χ0) is 12.4. The summed E-state index contributed by atoms with van der Waals surface area (Å²) >= 11 is 5.92. The molecule has 2 aromatic rings. The van der Waals surface area contributed by atoms with Crippen molar-refractivity contribution >= 4 is 17.6 Å². The number of hydrogen-bond acceptors (Lipinski definition) is 5. The summed E-state index contributed by atoms with van der Waals surface area (Å²) in [7, 11) is 1.50. The molecule has 0 fully saturated rings. The Morgan fingerprint density at radius 3 is 2.82 bits per heavy atom. The Hall–Kier alpha value is -2.15. The first-order valence-electron chi connectivity index (χ1n) is 4.49. The number of carbonyl (C=O) groups is 1. The molecular formula is C9H7ClN4O3. The zero-order valence-electron chi connectivity index (χ0n) is 8.66. The topological polar surface area (TPSA) is 90.1 Å². The van der Waals surface area contributed by atoms with Gasteiger partial charge in [0.2, 0.25) is 0 Å². The second-order valence-electron chi connectivity index (χ2n) is 3.03. The zero-order valence-corrected chi connectivity index (χ0v) is 9.42. The molecule has 0 atom stereocenters. The Bertz CT molecular complexity index is 569. The Labute approximate surface area is 101 Å². The third-order valence-corrected chi connectivity index (χ3v) is 2.27. The first kappa shape index (κ1) is 11.3. The number of carboxylic acid groups (broad SMARTS) is 1. The third-order valence-electron chi connectivity index (χ3n) is 1.97. The number of ether oxygens (including phenoxy) is 1. The molecule has 0 spiro atoms. The summed E-state index contributed by atoms with van der Waals surface area (Å²) in [5.74, 6) is -1.11. The van der Waals surface area contributed by atoms with Crippen LogP contribution < -0.4 is 4.74 Å². The number of nitrogens with zero attached hydrogens (tertiary/aromatic N) is 4. The number of aromatic carboxylic acids is 1. The van der Waals surface area contributed by atoms with Crippen molar-refractivity contribution in [3.63, 3.8) is 0 Å². The molecule has 0 saturated carbocycles. The predicted octanol–water partition coefficient (Wildman–Crippen LogP) is 1.02. The highest BCUT2D eigenvalue weighted by Crippen LogP contribution is 2.25. The number of halogens is 1. The molecule has 0 bridgehead atoms. The summed E-state index contributed by atoms with van der Waals surface area (Å²) in [5.41, 5.74) is 0.496. The molecule has 0 amide bonds. The molecule has 8 heteroatoms. The summed E-state index contributed by atoms with van der Waals surface area (Å²) in [6.45, 7) is 0. The van der Waals surface area contributed by atoms with Crippen LogP contribution in [0.15, 0.2) is 18.2 Å². The molecule has 0 aliphatic rings. The van der Waals surface area contributed by atoms with Gasteiger partial charge in [0.05, 0.1) is 17.8 Å². The molecule has 1 N–H and O–H groups in total. The van der Waals surface area contributed by atoms with Crippen molar-refractivity contribution < 1.29 is 14.6 Å². The maximum Gasteiger partial charge on any atom is 0.377 e. The van der Waals surface area contributed by atoms with Gasteiger partial charge in [0.15, 0.2) is 0 Å². The minimum atomic E-state index is -1.24. The lowest BCUT2D eigenvalue weighted by Crippen LogP contribution is -2.02. The van der Waals surface area contributed by atoms with E-state index < -0.39 is 5.97 Å². The van der Waals surface area contributed by atoms with E-state index in [4.69, 9.17) is 21.4 Å². The van der Waals surface area contributed by atoms with Gasteiger partial charge in [0.25, 0.3) is 5.82 Å². The quantitative estimate of drug-likeness (QED) is 0.880.